The van der Waals surface area contributed by atoms with Crippen molar-refractivity contribution in [2.75, 3.05) is 32.8 Å². The molecule has 8 nitrogen and oxygen atoms in total. The number of para-hydroxylation sites is 1. The van der Waals surface area contributed by atoms with E-state index < -0.39 is 12.1 Å². The van der Waals surface area contributed by atoms with Crippen LogP contribution in [-0.4, -0.2) is 77.7 Å². The van der Waals surface area contributed by atoms with Crippen LogP contribution in [0.25, 0.3) is 0 Å². The lowest BCUT2D eigenvalue weighted by Crippen LogP contribution is -2.54. The van der Waals surface area contributed by atoms with Gasteiger partial charge in [0.15, 0.2) is 12.7 Å². The number of hydrogen-bond donors (Lipinski definition) is 1. The summed E-state index contributed by atoms with van der Waals surface area (Å²) in [4.78, 5) is 39.7. The van der Waals surface area contributed by atoms with E-state index in [0.717, 1.165) is 0 Å². The molecule has 2 heterocycles. The Kier molecular flexibility index (Phi) is 6.51. The summed E-state index contributed by atoms with van der Waals surface area (Å²) in [6.45, 7) is 3.20. The Morgan fingerprint density at radius 3 is 2.43 bits per heavy atom. The molecule has 2 atom stereocenters. The third-order valence-electron chi connectivity index (χ3n) is 5.15. The highest BCUT2D eigenvalue weighted by Crippen LogP contribution is 2.22. The van der Waals surface area contributed by atoms with Crippen molar-refractivity contribution in [3.8, 4) is 5.75 Å². The number of rotatable bonds is 5. The Bertz CT molecular complexity index is 702. The van der Waals surface area contributed by atoms with E-state index in [-0.39, 0.29) is 37.0 Å². The minimum Gasteiger partial charge on any atom is -0.484 e. The number of carbonyl (C=O) groups excluding carboxylic acids is 2. The summed E-state index contributed by atoms with van der Waals surface area (Å²) in [6, 6.07) is 9.17. The summed E-state index contributed by atoms with van der Waals surface area (Å²) in [5, 5.41) is 9.18. The third kappa shape index (κ3) is 5.01. The van der Waals surface area contributed by atoms with E-state index in [2.05, 4.69) is 0 Å². The molecule has 1 aromatic carbocycles. The van der Waals surface area contributed by atoms with Crippen molar-refractivity contribution in [3.63, 3.8) is 0 Å². The van der Waals surface area contributed by atoms with Crippen LogP contribution in [0, 0.1) is 5.92 Å². The maximum atomic E-state index is 12.8. The van der Waals surface area contributed by atoms with Gasteiger partial charge in [0.1, 0.15) is 5.75 Å². The van der Waals surface area contributed by atoms with Gasteiger partial charge in [-0.25, -0.2) is 4.79 Å². The number of morpholine rings is 1. The second-order valence-electron chi connectivity index (χ2n) is 7.27. The first kappa shape index (κ1) is 20.1. The SMILES string of the molecule is C[C@@H]1CN(C(=O)C2CCN(C(=O)COc3ccccc3)CC2)CC(C(=O)O)O1. The molecule has 28 heavy (non-hydrogen) atoms. The maximum absolute atomic E-state index is 12.8. The van der Waals surface area contributed by atoms with Gasteiger partial charge in [0.05, 0.1) is 12.6 Å². The summed E-state index contributed by atoms with van der Waals surface area (Å²) in [5.41, 5.74) is 0. The van der Waals surface area contributed by atoms with Crippen LogP contribution in [0.5, 0.6) is 5.75 Å². The molecule has 2 aliphatic heterocycles. The molecule has 1 unspecified atom stereocenters. The molecule has 2 fully saturated rings. The fourth-order valence-electron chi connectivity index (χ4n) is 3.65. The molecule has 2 saturated heterocycles. The fraction of sp³-hybridized carbons (Fsp3) is 0.550. The van der Waals surface area contributed by atoms with Gasteiger partial charge < -0.3 is 24.4 Å². The highest BCUT2D eigenvalue weighted by atomic mass is 16.5. The van der Waals surface area contributed by atoms with Crippen molar-refractivity contribution in [2.24, 2.45) is 5.92 Å². The lowest BCUT2D eigenvalue weighted by Gasteiger charge is -2.39. The number of nitrogens with zero attached hydrogens (tertiary/aromatic N) is 2. The third-order valence-corrected chi connectivity index (χ3v) is 5.15. The Hall–Kier alpha value is -2.61. The van der Waals surface area contributed by atoms with Crippen molar-refractivity contribution < 1.29 is 29.0 Å². The molecule has 0 bridgehead atoms. The van der Waals surface area contributed by atoms with Gasteiger partial charge in [0.25, 0.3) is 5.91 Å². The minimum absolute atomic E-state index is 0.0239. The molecule has 1 N–H and O–H groups in total. The molecule has 0 aliphatic carbocycles. The Balaban J connectivity index is 1.47. The van der Waals surface area contributed by atoms with Gasteiger partial charge in [-0.05, 0) is 31.9 Å². The first-order chi connectivity index (χ1) is 13.4. The maximum Gasteiger partial charge on any atom is 0.334 e. The normalized spacial score (nSPS) is 23.3. The Morgan fingerprint density at radius 2 is 1.79 bits per heavy atom. The predicted molar refractivity (Wildman–Crippen MR) is 99.8 cm³/mol. The molecule has 0 saturated carbocycles. The second-order valence-corrected chi connectivity index (χ2v) is 7.27. The number of carboxylic acids is 1. The predicted octanol–water partition coefficient (Wildman–Crippen LogP) is 1.00. The summed E-state index contributed by atoms with van der Waals surface area (Å²) in [6.07, 6.45) is -0.154. The van der Waals surface area contributed by atoms with E-state index in [4.69, 9.17) is 9.47 Å². The van der Waals surface area contributed by atoms with Crippen molar-refractivity contribution in [1.82, 2.24) is 9.80 Å². The molecular formula is C20H26N2O6. The zero-order chi connectivity index (χ0) is 20.1. The fourth-order valence-corrected chi connectivity index (χ4v) is 3.65. The quantitative estimate of drug-likeness (QED) is 0.806. The van der Waals surface area contributed by atoms with E-state index in [9.17, 15) is 19.5 Å². The van der Waals surface area contributed by atoms with E-state index >= 15 is 0 Å². The number of likely N-dealkylation sites (tertiary alicyclic amines) is 1. The average Bonchev–Trinajstić information content (AvgIpc) is 2.72. The molecule has 3 rings (SSSR count). The number of carboxylic acid groups (broad SMARTS) is 1. The standard InChI is InChI=1S/C20H26N2O6/c1-14-11-22(12-17(28-14)20(25)26)19(24)15-7-9-21(10-8-15)18(23)13-27-16-5-3-2-4-6-16/h2-6,14-15,17H,7-13H2,1H3,(H,25,26)/t14-,17?/m1/s1. The van der Waals surface area contributed by atoms with Crippen LogP contribution in [0.3, 0.4) is 0 Å². The van der Waals surface area contributed by atoms with Crippen LogP contribution in [0.2, 0.25) is 0 Å². The topological polar surface area (TPSA) is 96.4 Å². The van der Waals surface area contributed by atoms with E-state index in [1.165, 1.54) is 0 Å². The summed E-state index contributed by atoms with van der Waals surface area (Å²) < 4.78 is 10.9. The molecule has 0 aromatic heterocycles. The number of piperidine rings is 1. The number of amides is 2. The van der Waals surface area contributed by atoms with Gasteiger partial charge in [0, 0.05) is 25.6 Å². The Morgan fingerprint density at radius 1 is 1.11 bits per heavy atom. The van der Waals surface area contributed by atoms with E-state index in [1.807, 2.05) is 18.2 Å². The number of aliphatic carboxylic acids is 1. The zero-order valence-electron chi connectivity index (χ0n) is 16.0. The van der Waals surface area contributed by atoms with Gasteiger partial charge in [-0.2, -0.15) is 0 Å². The van der Waals surface area contributed by atoms with Crippen LogP contribution in [0.4, 0.5) is 0 Å². The number of hydrogen-bond acceptors (Lipinski definition) is 5. The second kappa shape index (κ2) is 9.05. The van der Waals surface area contributed by atoms with Crippen LogP contribution < -0.4 is 4.74 Å². The molecule has 8 heteroatoms. The Labute approximate surface area is 164 Å². The first-order valence-electron chi connectivity index (χ1n) is 9.56. The lowest BCUT2D eigenvalue weighted by molar-refractivity contribution is -0.168. The van der Waals surface area contributed by atoms with Crippen molar-refractivity contribution in [1.29, 1.82) is 0 Å². The molecular weight excluding hydrogens is 364 g/mol. The van der Waals surface area contributed by atoms with Crippen molar-refractivity contribution in [2.45, 2.75) is 32.0 Å². The molecule has 2 aliphatic rings. The molecule has 2 amide bonds. The first-order valence-corrected chi connectivity index (χ1v) is 9.56. The average molecular weight is 390 g/mol. The van der Waals surface area contributed by atoms with Gasteiger partial charge in [-0.15, -0.1) is 0 Å². The highest BCUT2D eigenvalue weighted by Gasteiger charge is 2.36. The smallest absolute Gasteiger partial charge is 0.334 e. The van der Waals surface area contributed by atoms with Crippen LogP contribution >= 0.6 is 0 Å². The van der Waals surface area contributed by atoms with Crippen molar-refractivity contribution >= 4 is 17.8 Å². The molecule has 1 aromatic rings. The largest absolute Gasteiger partial charge is 0.484 e. The summed E-state index contributed by atoms with van der Waals surface area (Å²) in [5.74, 6) is -0.743. The van der Waals surface area contributed by atoms with Gasteiger partial charge >= 0.3 is 5.97 Å². The number of ether oxygens (including phenoxy) is 2. The summed E-state index contributed by atoms with van der Waals surface area (Å²) in [7, 11) is 0. The number of benzene rings is 1. The van der Waals surface area contributed by atoms with Crippen LogP contribution in [0.15, 0.2) is 30.3 Å². The van der Waals surface area contributed by atoms with Crippen LogP contribution in [-0.2, 0) is 19.1 Å². The lowest BCUT2D eigenvalue weighted by atomic mass is 9.94. The number of carbonyl (C=O) groups is 3. The molecule has 0 spiro atoms. The monoisotopic (exact) mass is 390 g/mol. The van der Waals surface area contributed by atoms with Crippen molar-refractivity contribution in [3.05, 3.63) is 30.3 Å². The minimum atomic E-state index is -1.05. The van der Waals surface area contributed by atoms with Gasteiger partial charge in [0.2, 0.25) is 5.91 Å². The molecule has 152 valence electrons. The summed E-state index contributed by atoms with van der Waals surface area (Å²) >= 11 is 0. The van der Waals surface area contributed by atoms with E-state index in [1.54, 1.807) is 28.9 Å². The van der Waals surface area contributed by atoms with Gasteiger partial charge in [-0.1, -0.05) is 18.2 Å². The van der Waals surface area contributed by atoms with Crippen LogP contribution in [0.1, 0.15) is 19.8 Å². The molecule has 0 radical (unpaired) electrons. The zero-order valence-corrected chi connectivity index (χ0v) is 16.0. The highest BCUT2D eigenvalue weighted by molar-refractivity contribution is 5.82. The van der Waals surface area contributed by atoms with Gasteiger partial charge in [-0.3, -0.25) is 9.59 Å². The van der Waals surface area contributed by atoms with E-state index in [0.29, 0.717) is 38.2 Å².